The molecule has 0 radical (unpaired) electrons. The molecule has 0 unspecified atom stereocenters. The van der Waals surface area contributed by atoms with E-state index < -0.39 is 0 Å². The van der Waals surface area contributed by atoms with E-state index in [4.69, 9.17) is 0 Å². The molecule has 0 rings (SSSR count). The molecule has 0 saturated heterocycles. The summed E-state index contributed by atoms with van der Waals surface area (Å²) < 4.78 is 0. The van der Waals surface area contributed by atoms with Crippen LogP contribution in [0.1, 0.15) is 64.2 Å². The molecule has 0 aromatic rings. The van der Waals surface area contributed by atoms with Crippen molar-refractivity contribution in [2.24, 2.45) is 0 Å². The van der Waals surface area contributed by atoms with Gasteiger partial charge in [-0.05, 0) is 12.8 Å². The van der Waals surface area contributed by atoms with E-state index in [9.17, 15) is 9.59 Å². The van der Waals surface area contributed by atoms with Gasteiger partial charge in [0.25, 0.3) is 0 Å². The Bertz CT molecular complexity index is 234. The quantitative estimate of drug-likeness (QED) is 0.340. The van der Waals surface area contributed by atoms with Crippen LogP contribution in [0.25, 0.3) is 0 Å². The first kappa shape index (κ1) is 20.1. The number of hydrogen-bond acceptors (Lipinski definition) is 2. The number of carbonyl (C=O) groups is 2. The van der Waals surface area contributed by atoms with Crippen LogP contribution in [0.2, 0.25) is 0 Å². The summed E-state index contributed by atoms with van der Waals surface area (Å²) >= 11 is 6.30. The molecule has 1 N–H and O–H groups in total. The SMILES string of the molecule is O=C(CBr)CCCCCCCCCCCNC(=O)CBr. The lowest BCUT2D eigenvalue weighted by atomic mass is 10.1. The Kier molecular flexibility index (Phi) is 15.6. The fraction of sp³-hybridized carbons (Fsp3) is 0.867. The summed E-state index contributed by atoms with van der Waals surface area (Å²) in [7, 11) is 0. The Labute approximate surface area is 139 Å². The summed E-state index contributed by atoms with van der Waals surface area (Å²) in [4.78, 5) is 22.0. The number of unbranched alkanes of at least 4 members (excludes halogenated alkanes) is 8. The molecule has 0 atom stereocenters. The third-order valence-corrected chi connectivity index (χ3v) is 4.36. The summed E-state index contributed by atoms with van der Waals surface area (Å²) in [5.41, 5.74) is 0. The van der Waals surface area contributed by atoms with Crippen LogP contribution in [-0.4, -0.2) is 28.9 Å². The number of rotatable bonds is 14. The maximum atomic E-state index is 11.1. The van der Waals surface area contributed by atoms with Crippen LogP contribution in [0.15, 0.2) is 0 Å². The molecule has 0 fully saturated rings. The molecule has 0 aliphatic heterocycles. The standard InChI is InChI=1S/C15H27Br2NO2/c16-12-14(19)10-8-6-4-2-1-3-5-7-9-11-18-15(20)13-17/h1-13H2,(H,18,20). The van der Waals surface area contributed by atoms with Gasteiger partial charge in [-0.15, -0.1) is 0 Å². The highest BCUT2D eigenvalue weighted by Gasteiger charge is 1.99. The molecule has 0 bridgehead atoms. The molecule has 0 aromatic carbocycles. The predicted molar refractivity (Wildman–Crippen MR) is 91.8 cm³/mol. The van der Waals surface area contributed by atoms with Crippen LogP contribution in [0.5, 0.6) is 0 Å². The molecule has 1 amide bonds. The predicted octanol–water partition coefficient (Wildman–Crippen LogP) is 4.36. The monoisotopic (exact) mass is 411 g/mol. The number of Topliss-reactive ketones (excluding diaryl/α,β-unsaturated/α-hetero) is 1. The van der Waals surface area contributed by atoms with E-state index >= 15 is 0 Å². The first-order valence-corrected chi connectivity index (χ1v) is 9.85. The topological polar surface area (TPSA) is 46.2 Å². The van der Waals surface area contributed by atoms with Crippen LogP contribution < -0.4 is 5.32 Å². The molecule has 0 aromatic heterocycles. The molecular formula is C15H27Br2NO2. The van der Waals surface area contributed by atoms with E-state index in [1.165, 1.54) is 44.9 Å². The van der Waals surface area contributed by atoms with Gasteiger partial charge in [0, 0.05) is 13.0 Å². The van der Waals surface area contributed by atoms with Gasteiger partial charge in [0.15, 0.2) is 0 Å². The van der Waals surface area contributed by atoms with Crippen molar-refractivity contribution in [3.63, 3.8) is 0 Å². The smallest absolute Gasteiger partial charge is 0.230 e. The molecule has 3 nitrogen and oxygen atoms in total. The Morgan fingerprint density at radius 2 is 1.20 bits per heavy atom. The van der Waals surface area contributed by atoms with E-state index in [2.05, 4.69) is 37.2 Å². The largest absolute Gasteiger partial charge is 0.355 e. The molecule has 0 heterocycles. The first-order valence-electron chi connectivity index (χ1n) is 7.61. The molecule has 20 heavy (non-hydrogen) atoms. The van der Waals surface area contributed by atoms with Crippen LogP contribution >= 0.6 is 31.9 Å². The second-order valence-electron chi connectivity index (χ2n) is 5.09. The Hall–Kier alpha value is 0.1000. The summed E-state index contributed by atoms with van der Waals surface area (Å²) in [5, 5.41) is 3.75. The molecule has 0 aliphatic rings. The van der Waals surface area contributed by atoms with Gasteiger partial charge in [-0.3, -0.25) is 9.59 Å². The van der Waals surface area contributed by atoms with E-state index in [1.807, 2.05) is 0 Å². The molecule has 5 heteroatoms. The zero-order valence-electron chi connectivity index (χ0n) is 12.3. The maximum absolute atomic E-state index is 11.1. The van der Waals surface area contributed by atoms with Crippen LogP contribution in [0.3, 0.4) is 0 Å². The zero-order valence-corrected chi connectivity index (χ0v) is 15.4. The second-order valence-corrected chi connectivity index (χ2v) is 6.21. The third-order valence-electron chi connectivity index (χ3n) is 3.22. The number of amides is 1. The number of ketones is 1. The Morgan fingerprint density at radius 3 is 1.70 bits per heavy atom. The molecular weight excluding hydrogens is 386 g/mol. The third kappa shape index (κ3) is 14.5. The zero-order chi connectivity index (χ0) is 15.1. The van der Waals surface area contributed by atoms with Crippen molar-refractivity contribution in [1.82, 2.24) is 5.32 Å². The van der Waals surface area contributed by atoms with E-state index in [0.717, 1.165) is 25.8 Å². The summed E-state index contributed by atoms with van der Waals surface area (Å²) in [6.07, 6.45) is 11.6. The van der Waals surface area contributed by atoms with Crippen LogP contribution in [-0.2, 0) is 9.59 Å². The minimum atomic E-state index is 0.0726. The maximum Gasteiger partial charge on any atom is 0.230 e. The molecule has 118 valence electrons. The summed E-state index contributed by atoms with van der Waals surface area (Å²) in [6.45, 7) is 0.798. The fourth-order valence-electron chi connectivity index (χ4n) is 2.03. The van der Waals surface area contributed by atoms with Crippen LogP contribution in [0.4, 0.5) is 0 Å². The molecule has 0 spiro atoms. The van der Waals surface area contributed by atoms with Gasteiger partial charge in [0.05, 0.1) is 10.7 Å². The van der Waals surface area contributed by atoms with Crippen molar-refractivity contribution in [3.8, 4) is 0 Å². The van der Waals surface area contributed by atoms with Crippen molar-refractivity contribution in [2.45, 2.75) is 64.2 Å². The number of carbonyl (C=O) groups excluding carboxylic acids is 2. The lowest BCUT2D eigenvalue weighted by Crippen LogP contribution is -2.25. The lowest BCUT2D eigenvalue weighted by Gasteiger charge is -2.04. The highest BCUT2D eigenvalue weighted by atomic mass is 79.9. The van der Waals surface area contributed by atoms with Gasteiger partial charge >= 0.3 is 0 Å². The van der Waals surface area contributed by atoms with Crippen molar-refractivity contribution >= 4 is 43.6 Å². The average Bonchev–Trinajstić information content (AvgIpc) is 2.47. The van der Waals surface area contributed by atoms with Gasteiger partial charge in [0.2, 0.25) is 5.91 Å². The van der Waals surface area contributed by atoms with Crippen molar-refractivity contribution in [3.05, 3.63) is 0 Å². The number of hydrogen-bond donors (Lipinski definition) is 1. The minimum absolute atomic E-state index is 0.0726. The van der Waals surface area contributed by atoms with Crippen molar-refractivity contribution in [2.75, 3.05) is 17.2 Å². The van der Waals surface area contributed by atoms with Gasteiger partial charge in [0.1, 0.15) is 5.78 Å². The van der Waals surface area contributed by atoms with E-state index in [0.29, 0.717) is 16.4 Å². The fourth-order valence-corrected chi connectivity index (χ4v) is 2.51. The molecule has 0 saturated carbocycles. The normalized spacial score (nSPS) is 10.5. The van der Waals surface area contributed by atoms with Crippen molar-refractivity contribution < 1.29 is 9.59 Å². The number of nitrogens with one attached hydrogen (secondary N) is 1. The first-order chi connectivity index (χ1) is 9.70. The Balaban J connectivity index is 3.06. The van der Waals surface area contributed by atoms with Gasteiger partial charge in [-0.2, -0.15) is 0 Å². The number of alkyl halides is 2. The number of halogens is 2. The summed E-state index contributed by atoms with van der Waals surface area (Å²) in [5.74, 6) is 0.389. The lowest BCUT2D eigenvalue weighted by molar-refractivity contribution is -0.118. The Morgan fingerprint density at radius 1 is 0.700 bits per heavy atom. The van der Waals surface area contributed by atoms with Crippen LogP contribution in [0, 0.1) is 0 Å². The average molecular weight is 413 g/mol. The van der Waals surface area contributed by atoms with Gasteiger partial charge in [-0.25, -0.2) is 0 Å². The van der Waals surface area contributed by atoms with Gasteiger partial charge < -0.3 is 5.32 Å². The second kappa shape index (κ2) is 15.5. The van der Waals surface area contributed by atoms with Gasteiger partial charge in [-0.1, -0.05) is 76.8 Å². The van der Waals surface area contributed by atoms with Crippen molar-refractivity contribution in [1.29, 1.82) is 0 Å². The highest BCUT2D eigenvalue weighted by Crippen LogP contribution is 2.10. The van der Waals surface area contributed by atoms with E-state index in [1.54, 1.807) is 0 Å². The highest BCUT2D eigenvalue weighted by molar-refractivity contribution is 9.09. The summed E-state index contributed by atoms with van der Waals surface area (Å²) in [6, 6.07) is 0. The van der Waals surface area contributed by atoms with E-state index in [-0.39, 0.29) is 5.91 Å². The molecule has 0 aliphatic carbocycles. The minimum Gasteiger partial charge on any atom is -0.355 e.